The Bertz CT molecular complexity index is 1090. The molecule has 2 heterocycles. The van der Waals surface area contributed by atoms with Crippen LogP contribution in [0.25, 0.3) is 22.4 Å². The summed E-state index contributed by atoms with van der Waals surface area (Å²) in [5.74, 6) is -0.122. The van der Waals surface area contributed by atoms with Crippen LogP contribution in [0.5, 0.6) is 0 Å². The molecule has 2 aromatic carbocycles. The molecule has 0 radical (unpaired) electrons. The molecule has 2 N–H and O–H groups in total. The van der Waals surface area contributed by atoms with Crippen molar-refractivity contribution >= 4 is 17.1 Å². The van der Waals surface area contributed by atoms with Gasteiger partial charge >= 0.3 is 0 Å². The molecule has 0 aliphatic rings. The number of aromatic nitrogens is 4. The molecule has 0 aliphatic heterocycles. The predicted molar refractivity (Wildman–Crippen MR) is 98.9 cm³/mol. The van der Waals surface area contributed by atoms with E-state index < -0.39 is 0 Å². The average molecular weight is 345 g/mol. The predicted octanol–water partition coefficient (Wildman–Crippen LogP) is 3.71. The van der Waals surface area contributed by atoms with Crippen LogP contribution in [0.1, 0.15) is 16.8 Å². The van der Waals surface area contributed by atoms with Gasteiger partial charge in [-0.25, -0.2) is 19.3 Å². The molecule has 0 saturated heterocycles. The second-order valence-corrected chi connectivity index (χ2v) is 6.13. The van der Waals surface area contributed by atoms with Crippen molar-refractivity contribution in [2.24, 2.45) is 0 Å². The minimum atomic E-state index is -0.293. The molecule has 5 nitrogen and oxygen atoms in total. The van der Waals surface area contributed by atoms with Crippen molar-refractivity contribution in [3.8, 4) is 11.3 Å². The molecule has 0 atom stereocenters. The van der Waals surface area contributed by atoms with Gasteiger partial charge in [-0.3, -0.25) is 0 Å². The zero-order valence-electron chi connectivity index (χ0n) is 14.1. The zero-order valence-corrected chi connectivity index (χ0v) is 14.1. The van der Waals surface area contributed by atoms with Crippen LogP contribution in [0.4, 0.5) is 10.3 Å². The summed E-state index contributed by atoms with van der Waals surface area (Å²) < 4.78 is 13.2. The van der Waals surface area contributed by atoms with E-state index in [2.05, 4.69) is 26.0 Å². The lowest BCUT2D eigenvalue weighted by Crippen LogP contribution is -2.05. The third-order valence-electron chi connectivity index (χ3n) is 4.09. The summed E-state index contributed by atoms with van der Waals surface area (Å²) in [6.07, 6.45) is 2.19. The summed E-state index contributed by atoms with van der Waals surface area (Å²) in [6, 6.07) is 14.3. The summed E-state index contributed by atoms with van der Waals surface area (Å²) in [5.41, 5.74) is 11.3. The average Bonchev–Trinajstić information content (AvgIpc) is 2.62. The lowest BCUT2D eigenvalue weighted by atomic mass is 10.1. The summed E-state index contributed by atoms with van der Waals surface area (Å²) in [6.45, 7) is 2.04. The van der Waals surface area contributed by atoms with Gasteiger partial charge in [0.25, 0.3) is 0 Å². The van der Waals surface area contributed by atoms with E-state index in [1.807, 2.05) is 25.1 Å². The van der Waals surface area contributed by atoms with Crippen molar-refractivity contribution in [3.05, 3.63) is 77.4 Å². The minimum absolute atomic E-state index is 0.170. The lowest BCUT2D eigenvalue weighted by Gasteiger charge is -2.08. The zero-order chi connectivity index (χ0) is 18.1. The van der Waals surface area contributed by atoms with Crippen LogP contribution in [0.3, 0.4) is 0 Å². The highest BCUT2D eigenvalue weighted by molar-refractivity contribution is 5.77. The Hall–Kier alpha value is -3.41. The van der Waals surface area contributed by atoms with E-state index in [1.165, 1.54) is 17.7 Å². The van der Waals surface area contributed by atoms with E-state index >= 15 is 0 Å². The molecule has 0 saturated carbocycles. The molecule has 0 unspecified atom stereocenters. The van der Waals surface area contributed by atoms with Gasteiger partial charge in [0.2, 0.25) is 5.95 Å². The van der Waals surface area contributed by atoms with Crippen molar-refractivity contribution in [1.29, 1.82) is 0 Å². The summed E-state index contributed by atoms with van der Waals surface area (Å²) in [7, 11) is 0. The quantitative estimate of drug-likeness (QED) is 0.612. The normalized spacial score (nSPS) is 11.0. The highest BCUT2D eigenvalue weighted by Crippen LogP contribution is 2.22. The highest BCUT2D eigenvalue weighted by atomic mass is 19.1. The number of benzene rings is 2. The number of hydrogen-bond acceptors (Lipinski definition) is 5. The molecule has 128 valence electrons. The van der Waals surface area contributed by atoms with E-state index in [9.17, 15) is 4.39 Å². The highest BCUT2D eigenvalue weighted by Gasteiger charge is 2.12. The molecule has 0 amide bonds. The first-order valence-corrected chi connectivity index (χ1v) is 8.19. The number of nitrogen functional groups attached to an aromatic ring is 1. The van der Waals surface area contributed by atoms with Gasteiger partial charge in [0.15, 0.2) is 5.65 Å². The molecular formula is C20H16FN5. The fourth-order valence-electron chi connectivity index (χ4n) is 2.88. The third-order valence-corrected chi connectivity index (χ3v) is 4.09. The Balaban J connectivity index is 1.83. The fourth-order valence-corrected chi connectivity index (χ4v) is 2.88. The van der Waals surface area contributed by atoms with Crippen LogP contribution < -0.4 is 5.73 Å². The fraction of sp³-hybridized carbons (Fsp3) is 0.100. The van der Waals surface area contributed by atoms with Crippen LogP contribution in [0.2, 0.25) is 0 Å². The van der Waals surface area contributed by atoms with Crippen molar-refractivity contribution in [1.82, 2.24) is 19.9 Å². The third kappa shape index (κ3) is 3.21. The molecule has 4 rings (SSSR count). The monoisotopic (exact) mass is 345 g/mol. The molecule has 2 aromatic heterocycles. The second-order valence-electron chi connectivity index (χ2n) is 6.13. The standard InChI is InChI=1S/C20H16FN5/c1-12-3-2-4-13(9-12)10-16-18-19(26-20(22)25-16)23-11-17(24-18)14-5-7-15(21)8-6-14/h2-9,11H,10H2,1H3,(H2,22,23,25,26). The topological polar surface area (TPSA) is 77.6 Å². The van der Waals surface area contributed by atoms with Gasteiger partial charge < -0.3 is 5.73 Å². The van der Waals surface area contributed by atoms with Crippen LogP contribution in [0.15, 0.2) is 54.7 Å². The van der Waals surface area contributed by atoms with E-state index in [-0.39, 0.29) is 11.8 Å². The van der Waals surface area contributed by atoms with E-state index in [4.69, 9.17) is 5.73 Å². The summed E-state index contributed by atoms with van der Waals surface area (Å²) in [4.78, 5) is 17.6. The Morgan fingerprint density at radius 2 is 1.81 bits per heavy atom. The van der Waals surface area contributed by atoms with Crippen LogP contribution in [-0.4, -0.2) is 19.9 Å². The van der Waals surface area contributed by atoms with Gasteiger partial charge in [-0.2, -0.15) is 4.98 Å². The first kappa shape index (κ1) is 16.1. The van der Waals surface area contributed by atoms with Crippen LogP contribution in [0, 0.1) is 12.7 Å². The Labute approximate surface area is 149 Å². The number of aryl methyl sites for hydroxylation is 1. The molecule has 0 aliphatic carbocycles. The van der Waals surface area contributed by atoms with E-state index in [0.29, 0.717) is 23.3 Å². The minimum Gasteiger partial charge on any atom is -0.368 e. The second kappa shape index (κ2) is 6.48. The molecule has 0 bridgehead atoms. The molecule has 0 fully saturated rings. The van der Waals surface area contributed by atoms with Crippen LogP contribution in [-0.2, 0) is 6.42 Å². The van der Waals surface area contributed by atoms with Gasteiger partial charge in [-0.05, 0) is 36.8 Å². The number of anilines is 1. The number of fused-ring (bicyclic) bond motifs is 1. The lowest BCUT2D eigenvalue weighted by molar-refractivity contribution is 0.628. The van der Waals surface area contributed by atoms with E-state index in [1.54, 1.807) is 18.3 Å². The molecule has 0 spiro atoms. The molecule has 26 heavy (non-hydrogen) atoms. The Kier molecular flexibility index (Phi) is 4.01. The first-order chi connectivity index (χ1) is 12.6. The summed E-state index contributed by atoms with van der Waals surface area (Å²) in [5, 5.41) is 0. The number of halogens is 1. The van der Waals surface area contributed by atoms with Crippen LogP contribution >= 0.6 is 0 Å². The number of rotatable bonds is 3. The summed E-state index contributed by atoms with van der Waals surface area (Å²) >= 11 is 0. The SMILES string of the molecule is Cc1cccc(Cc2nc(N)nc3ncc(-c4ccc(F)cc4)nc23)c1. The van der Waals surface area contributed by atoms with E-state index in [0.717, 1.165) is 16.8 Å². The van der Waals surface area contributed by atoms with Crippen molar-refractivity contribution in [2.45, 2.75) is 13.3 Å². The van der Waals surface area contributed by atoms with Gasteiger partial charge in [-0.15, -0.1) is 0 Å². The van der Waals surface area contributed by atoms with Gasteiger partial charge in [0.1, 0.15) is 11.3 Å². The maximum atomic E-state index is 13.2. The molecule has 6 heteroatoms. The van der Waals surface area contributed by atoms with Gasteiger partial charge in [-0.1, -0.05) is 29.8 Å². The smallest absolute Gasteiger partial charge is 0.222 e. The van der Waals surface area contributed by atoms with Crippen molar-refractivity contribution < 1.29 is 4.39 Å². The first-order valence-electron chi connectivity index (χ1n) is 8.19. The van der Waals surface area contributed by atoms with Gasteiger partial charge in [0, 0.05) is 12.0 Å². The molecule has 4 aromatic rings. The number of nitrogens with zero attached hydrogens (tertiary/aromatic N) is 4. The van der Waals surface area contributed by atoms with Crippen molar-refractivity contribution in [2.75, 3.05) is 5.73 Å². The maximum Gasteiger partial charge on any atom is 0.222 e. The number of nitrogens with two attached hydrogens (primary N) is 1. The Morgan fingerprint density at radius 1 is 1.00 bits per heavy atom. The van der Waals surface area contributed by atoms with Crippen molar-refractivity contribution in [3.63, 3.8) is 0 Å². The number of hydrogen-bond donors (Lipinski definition) is 1. The van der Waals surface area contributed by atoms with Gasteiger partial charge in [0.05, 0.1) is 17.6 Å². The maximum absolute atomic E-state index is 13.2. The largest absolute Gasteiger partial charge is 0.368 e. The Morgan fingerprint density at radius 3 is 2.58 bits per heavy atom. The molecular weight excluding hydrogens is 329 g/mol.